The normalized spacial score (nSPS) is 21.7. The van der Waals surface area contributed by atoms with Gasteiger partial charge in [0.1, 0.15) is 48.4 Å². The fraction of sp³-hybridized carbons (Fsp3) is 0.333. The molecule has 74 heavy (non-hydrogen) atoms. The molecule has 0 aliphatic carbocycles. The molecule has 21 nitrogen and oxygen atoms in total. The lowest BCUT2D eigenvalue weighted by Crippen LogP contribution is -2.36. The number of ether oxygens (including phenoxy) is 4. The number of hydrogen-bond acceptors (Lipinski definition) is 17. The number of hydrogen-bond donors (Lipinski definition) is 2. The number of benzene rings is 4. The lowest BCUT2D eigenvalue weighted by Gasteiger charge is -2.37. The Kier molecular flexibility index (Phi) is 16.3. The van der Waals surface area contributed by atoms with E-state index in [0.29, 0.717) is 0 Å². The first kappa shape index (κ1) is 53.3. The Morgan fingerprint density at radius 2 is 1.00 bits per heavy atom. The van der Waals surface area contributed by atoms with Crippen LogP contribution >= 0.6 is 15.4 Å². The number of rotatable bonds is 19. The van der Waals surface area contributed by atoms with Crippen molar-refractivity contribution < 1.29 is 60.3 Å². The van der Waals surface area contributed by atoms with Gasteiger partial charge in [0.15, 0.2) is 5.85 Å². The van der Waals surface area contributed by atoms with Crippen molar-refractivity contribution >= 4 is 27.4 Å². The highest BCUT2D eigenvalue weighted by molar-refractivity contribution is 7.56. The van der Waals surface area contributed by atoms with E-state index in [9.17, 15) is 28.8 Å². The van der Waals surface area contributed by atoms with Crippen molar-refractivity contribution in [3.8, 4) is 11.5 Å². The number of nitrogens with zero attached hydrogens (tertiary/aromatic N) is 2. The summed E-state index contributed by atoms with van der Waals surface area (Å²) >= 11 is 0. The van der Waals surface area contributed by atoms with E-state index in [0.717, 1.165) is 9.13 Å². The Bertz CT molecular complexity index is 3270. The number of aromatic nitrogens is 4. The van der Waals surface area contributed by atoms with E-state index in [1.165, 1.54) is 50.5 Å². The van der Waals surface area contributed by atoms with Gasteiger partial charge in [-0.3, -0.25) is 42.3 Å². The maximum Gasteiger partial charge on any atom is 0.531 e. The van der Waals surface area contributed by atoms with Gasteiger partial charge in [-0.2, -0.15) is 0 Å². The zero-order chi connectivity index (χ0) is 52.8. The number of para-hydroxylation sites is 2. The number of carbonyl (C=O) groups excluding carboxylic acids is 2. The van der Waals surface area contributed by atoms with Crippen molar-refractivity contribution in [1.82, 2.24) is 19.1 Å². The standard InChI is InChI=1S/C51H54N4O17P2/c1-32-28-54(49(60)52-44(32)56)42-26-38(68-46(58)34-18-10-6-11-19-34)40(66-42)30-64-73(62,70-36-22-14-8-15-23-36)48(51(3,4)5)72-74(63,71-37-24-16-9-17-25-37)65-31-41-39(69-47(59)35-20-12-7-13-21-35)27-43(67-41)55-29-33(2)45(57)53-50(55)61/h6-25,28-29,38-43,48H,26-27,30-31H2,1-5H3,(H,52,56,60)(H,53,57,61)/t38-,39-,40+,41+,42+,43+,48?,73?,74?/m0/s1. The second-order valence-corrected chi connectivity index (χ2v) is 22.1. The summed E-state index contributed by atoms with van der Waals surface area (Å²) in [5.41, 5.74) is -3.32. The summed E-state index contributed by atoms with van der Waals surface area (Å²) < 4.78 is 89.2. The number of esters is 2. The third-order valence-corrected chi connectivity index (χ3v) is 15.8. The van der Waals surface area contributed by atoms with E-state index < -0.39 is 111 Å². The van der Waals surface area contributed by atoms with Crippen LogP contribution in [0.2, 0.25) is 0 Å². The molecule has 2 aromatic heterocycles. The molecule has 0 amide bonds. The van der Waals surface area contributed by atoms with Crippen LogP contribution in [0.15, 0.2) is 153 Å². The van der Waals surface area contributed by atoms with Gasteiger partial charge in [0.05, 0.1) is 24.3 Å². The first-order valence-corrected chi connectivity index (χ1v) is 26.5. The Morgan fingerprint density at radius 1 is 0.608 bits per heavy atom. The molecular weight excluding hydrogens is 1000 g/mol. The second kappa shape index (κ2) is 22.7. The van der Waals surface area contributed by atoms with Crippen LogP contribution in [-0.2, 0) is 41.6 Å². The van der Waals surface area contributed by atoms with Gasteiger partial charge >= 0.3 is 38.7 Å². The molecule has 3 unspecified atom stereocenters. The molecule has 4 aromatic carbocycles. The summed E-state index contributed by atoms with van der Waals surface area (Å²) in [4.78, 5) is 82.3. The van der Waals surface area contributed by atoms with Crippen LogP contribution in [-0.4, -0.2) is 74.5 Å². The number of phosphoric ester groups is 1. The van der Waals surface area contributed by atoms with Crippen LogP contribution < -0.4 is 31.5 Å². The summed E-state index contributed by atoms with van der Waals surface area (Å²) in [6.07, 6.45) is -4.67. The molecule has 0 radical (unpaired) electrons. The van der Waals surface area contributed by atoms with Gasteiger partial charge in [-0.15, -0.1) is 0 Å². The van der Waals surface area contributed by atoms with E-state index in [4.69, 9.17) is 41.6 Å². The van der Waals surface area contributed by atoms with Crippen molar-refractivity contribution in [2.24, 2.45) is 5.41 Å². The van der Waals surface area contributed by atoms with E-state index in [1.807, 2.05) is 0 Å². The minimum absolute atomic E-state index is 0.00281. The Morgan fingerprint density at radius 3 is 1.42 bits per heavy atom. The van der Waals surface area contributed by atoms with E-state index >= 15 is 9.13 Å². The van der Waals surface area contributed by atoms with E-state index in [2.05, 4.69) is 9.97 Å². The summed E-state index contributed by atoms with van der Waals surface area (Å²) in [6.45, 7) is 6.51. The SMILES string of the molecule is Cc1cn([C@H]2C[C@H](OC(=O)c3ccccc3)[C@@H](COP(=O)(Oc3ccccc3)OC(C(C)(C)C)P(=O)(OC[C@H]3O[C@@H](n4cc(C)c(=O)[nH]c4=O)C[C@@H]3OC(=O)c3ccccc3)Oc3ccccc3)O2)c(=O)[nH]c1=O. The number of aryl methyl sites for hydroxylation is 2. The molecule has 0 spiro atoms. The Hall–Kier alpha value is -6.96. The Balaban J connectivity index is 1.12. The highest BCUT2D eigenvalue weighted by Gasteiger charge is 2.54. The molecule has 2 aliphatic rings. The summed E-state index contributed by atoms with van der Waals surface area (Å²) in [7, 11) is -9.99. The smallest absolute Gasteiger partial charge is 0.456 e. The van der Waals surface area contributed by atoms with Gasteiger partial charge in [-0.25, -0.2) is 28.3 Å². The quantitative estimate of drug-likeness (QED) is 0.0584. The van der Waals surface area contributed by atoms with E-state index in [-0.39, 0.29) is 46.6 Å². The lowest BCUT2D eigenvalue weighted by molar-refractivity contribution is -0.0560. The topological polar surface area (TPSA) is 261 Å². The molecule has 2 N–H and O–H groups in total. The maximum absolute atomic E-state index is 15.9. The number of H-pyrrole nitrogens is 2. The molecule has 0 saturated carbocycles. The first-order valence-electron chi connectivity index (χ1n) is 23.4. The molecule has 23 heteroatoms. The second-order valence-electron chi connectivity index (χ2n) is 18.5. The third-order valence-electron chi connectivity index (χ3n) is 11.8. The van der Waals surface area contributed by atoms with Crippen LogP contribution in [0.4, 0.5) is 0 Å². The van der Waals surface area contributed by atoms with Crippen molar-refractivity contribution in [1.29, 1.82) is 0 Å². The highest BCUT2D eigenvalue weighted by Crippen LogP contribution is 2.65. The van der Waals surface area contributed by atoms with Crippen molar-refractivity contribution in [2.45, 2.75) is 90.2 Å². The van der Waals surface area contributed by atoms with Gasteiger partial charge in [-0.1, -0.05) is 93.6 Å². The first-order chi connectivity index (χ1) is 35.3. The minimum Gasteiger partial charge on any atom is -0.456 e. The zero-order valence-electron chi connectivity index (χ0n) is 40.8. The molecule has 9 atom stereocenters. The minimum atomic E-state index is -5.10. The van der Waals surface area contributed by atoms with Crippen molar-refractivity contribution in [3.05, 3.63) is 198 Å². The maximum atomic E-state index is 15.9. The third kappa shape index (κ3) is 12.9. The molecule has 2 aliphatic heterocycles. The van der Waals surface area contributed by atoms with Crippen LogP contribution in [0.1, 0.15) is 77.9 Å². The molecule has 4 heterocycles. The number of nitrogens with one attached hydrogen (secondary N) is 2. The average molecular weight is 1060 g/mol. The largest absolute Gasteiger partial charge is 0.531 e. The molecule has 0 bridgehead atoms. The van der Waals surface area contributed by atoms with Crippen LogP contribution in [0.5, 0.6) is 11.5 Å². The van der Waals surface area contributed by atoms with Crippen LogP contribution in [0.25, 0.3) is 0 Å². The van der Waals surface area contributed by atoms with Crippen LogP contribution in [0.3, 0.4) is 0 Å². The van der Waals surface area contributed by atoms with Crippen molar-refractivity contribution in [3.63, 3.8) is 0 Å². The fourth-order valence-corrected chi connectivity index (χ4v) is 12.3. The van der Waals surface area contributed by atoms with Gasteiger partial charge in [0, 0.05) is 41.8 Å². The number of carbonyl (C=O) groups is 2. The molecule has 2 fully saturated rings. The number of phosphoric acid groups is 1. The summed E-state index contributed by atoms with van der Waals surface area (Å²) in [5.74, 6) is -3.27. The Labute approximate surface area is 423 Å². The van der Waals surface area contributed by atoms with Gasteiger partial charge in [-0.05, 0) is 62.4 Å². The summed E-state index contributed by atoms with van der Waals surface area (Å²) in [6, 6.07) is 32.0. The molecule has 390 valence electrons. The van der Waals surface area contributed by atoms with Gasteiger partial charge < -0.3 is 28.0 Å². The predicted octanol–water partition coefficient (Wildman–Crippen LogP) is 7.61. The number of aromatic amines is 2. The summed E-state index contributed by atoms with van der Waals surface area (Å²) in [5, 5.41) is 0. The van der Waals surface area contributed by atoms with Gasteiger partial charge in [0.2, 0.25) is 0 Å². The van der Waals surface area contributed by atoms with Crippen molar-refractivity contribution in [2.75, 3.05) is 13.2 Å². The molecule has 8 rings (SSSR count). The molecular formula is C51H54N4O17P2. The van der Waals surface area contributed by atoms with Gasteiger partial charge in [0.25, 0.3) is 11.1 Å². The average Bonchev–Trinajstić information content (AvgIpc) is 3.98. The lowest BCUT2D eigenvalue weighted by atomic mass is 9.98. The van der Waals surface area contributed by atoms with Crippen LogP contribution in [0, 0.1) is 19.3 Å². The monoisotopic (exact) mass is 1060 g/mol. The fourth-order valence-electron chi connectivity index (χ4n) is 8.06. The predicted molar refractivity (Wildman–Crippen MR) is 266 cm³/mol. The van der Waals surface area contributed by atoms with E-state index in [1.54, 1.807) is 118 Å². The highest BCUT2D eigenvalue weighted by atomic mass is 31.2. The molecule has 2 saturated heterocycles. The molecule has 6 aromatic rings. The zero-order valence-corrected chi connectivity index (χ0v) is 42.6.